The number of carbonyl (C=O) groups is 1. The maximum atomic E-state index is 12.8. The van der Waals surface area contributed by atoms with Crippen molar-refractivity contribution in [2.24, 2.45) is 0 Å². The molecule has 1 aromatic heterocycles. The number of ether oxygens (including phenoxy) is 1. The Balaban J connectivity index is 1.26. The normalized spacial score (nSPS) is 13.6. The number of rotatable bonds is 5. The molecule has 0 radical (unpaired) electrons. The molecule has 31 heavy (non-hydrogen) atoms. The molecule has 0 aliphatic heterocycles. The standard InChI is InChI=1S/C27H25NO2S/c1-18(15-19-11-12-26-20(16-19)13-14-31-26)28(2)27(29)30-17-25-23-9-5-3-7-21(23)22-8-4-6-10-24(22)25/h3-14,16,18,25H,15,17H2,1-2H3/t18-/m0/s1. The molecule has 1 aliphatic carbocycles. The van der Waals surface area contributed by atoms with Gasteiger partial charge in [-0.15, -0.1) is 11.3 Å². The minimum atomic E-state index is -0.272. The number of carbonyl (C=O) groups excluding carboxylic acids is 1. The largest absolute Gasteiger partial charge is 0.448 e. The number of hydrogen-bond donors (Lipinski definition) is 0. The van der Waals surface area contributed by atoms with Gasteiger partial charge in [0.05, 0.1) is 0 Å². The fraction of sp³-hybridized carbons (Fsp3) is 0.222. The molecule has 0 saturated carbocycles. The van der Waals surface area contributed by atoms with Crippen molar-refractivity contribution in [3.8, 4) is 11.1 Å². The smallest absolute Gasteiger partial charge is 0.409 e. The van der Waals surface area contributed by atoms with Gasteiger partial charge in [-0.05, 0) is 64.1 Å². The number of likely N-dealkylation sites (N-methyl/N-ethyl adjacent to an activating group) is 1. The van der Waals surface area contributed by atoms with E-state index in [4.69, 9.17) is 4.74 Å². The highest BCUT2D eigenvalue weighted by atomic mass is 32.1. The molecule has 1 atom stereocenters. The fourth-order valence-electron chi connectivity index (χ4n) is 4.50. The lowest BCUT2D eigenvalue weighted by Crippen LogP contribution is -2.37. The predicted octanol–water partition coefficient (Wildman–Crippen LogP) is 6.71. The van der Waals surface area contributed by atoms with E-state index in [9.17, 15) is 4.79 Å². The van der Waals surface area contributed by atoms with Crippen LogP contribution in [0.3, 0.4) is 0 Å². The van der Waals surface area contributed by atoms with Gasteiger partial charge in [-0.25, -0.2) is 4.79 Å². The van der Waals surface area contributed by atoms with E-state index < -0.39 is 0 Å². The van der Waals surface area contributed by atoms with Gasteiger partial charge in [0.2, 0.25) is 0 Å². The van der Waals surface area contributed by atoms with Gasteiger partial charge in [-0.3, -0.25) is 0 Å². The van der Waals surface area contributed by atoms with Crippen LogP contribution in [0.1, 0.15) is 29.5 Å². The summed E-state index contributed by atoms with van der Waals surface area (Å²) in [5.74, 6) is 0.0843. The van der Waals surface area contributed by atoms with E-state index in [1.54, 1.807) is 16.2 Å². The van der Waals surface area contributed by atoms with Crippen LogP contribution in [0.5, 0.6) is 0 Å². The number of nitrogens with zero attached hydrogens (tertiary/aromatic N) is 1. The van der Waals surface area contributed by atoms with E-state index >= 15 is 0 Å². The van der Waals surface area contributed by atoms with Crippen LogP contribution in [-0.2, 0) is 11.2 Å². The highest BCUT2D eigenvalue weighted by Gasteiger charge is 2.29. The zero-order valence-corrected chi connectivity index (χ0v) is 18.6. The molecule has 0 bridgehead atoms. The van der Waals surface area contributed by atoms with Crippen LogP contribution in [0.2, 0.25) is 0 Å². The van der Waals surface area contributed by atoms with Crippen molar-refractivity contribution in [3.63, 3.8) is 0 Å². The molecule has 5 rings (SSSR count). The van der Waals surface area contributed by atoms with E-state index in [1.807, 2.05) is 7.05 Å². The monoisotopic (exact) mass is 427 g/mol. The third-order valence-corrected chi connectivity index (χ3v) is 7.23. The maximum Gasteiger partial charge on any atom is 0.409 e. The fourth-order valence-corrected chi connectivity index (χ4v) is 5.27. The van der Waals surface area contributed by atoms with Crippen LogP contribution in [0.15, 0.2) is 78.2 Å². The molecule has 0 spiro atoms. The van der Waals surface area contributed by atoms with Crippen LogP contribution in [0, 0.1) is 0 Å². The van der Waals surface area contributed by atoms with Gasteiger partial charge in [-0.1, -0.05) is 60.7 Å². The molecule has 0 N–H and O–H groups in total. The Morgan fingerprint density at radius 3 is 2.39 bits per heavy atom. The third kappa shape index (κ3) is 3.72. The van der Waals surface area contributed by atoms with Crippen LogP contribution in [-0.4, -0.2) is 30.7 Å². The number of amides is 1. The van der Waals surface area contributed by atoms with Gasteiger partial charge in [0.1, 0.15) is 6.61 Å². The molecule has 3 nitrogen and oxygen atoms in total. The Morgan fingerprint density at radius 2 is 1.68 bits per heavy atom. The summed E-state index contributed by atoms with van der Waals surface area (Å²) in [6.07, 6.45) is 0.526. The van der Waals surface area contributed by atoms with E-state index in [1.165, 1.54) is 37.9 Å². The van der Waals surface area contributed by atoms with Crippen LogP contribution >= 0.6 is 11.3 Å². The highest BCUT2D eigenvalue weighted by Crippen LogP contribution is 2.44. The van der Waals surface area contributed by atoms with E-state index in [2.05, 4.69) is 85.1 Å². The van der Waals surface area contributed by atoms with Gasteiger partial charge >= 0.3 is 6.09 Å². The molecule has 0 saturated heterocycles. The summed E-state index contributed by atoms with van der Waals surface area (Å²) in [7, 11) is 1.83. The van der Waals surface area contributed by atoms with Crippen molar-refractivity contribution < 1.29 is 9.53 Å². The van der Waals surface area contributed by atoms with E-state index in [-0.39, 0.29) is 18.1 Å². The van der Waals surface area contributed by atoms with E-state index in [0.29, 0.717) is 6.61 Å². The first-order valence-corrected chi connectivity index (χ1v) is 11.5. The molecule has 4 aromatic rings. The van der Waals surface area contributed by atoms with Gasteiger partial charge in [0.15, 0.2) is 0 Å². The minimum Gasteiger partial charge on any atom is -0.448 e. The molecular formula is C27H25NO2S. The number of hydrogen-bond acceptors (Lipinski definition) is 3. The lowest BCUT2D eigenvalue weighted by atomic mass is 9.98. The van der Waals surface area contributed by atoms with Gasteiger partial charge in [0, 0.05) is 23.7 Å². The first kappa shape index (κ1) is 19.8. The second kappa shape index (κ2) is 8.20. The lowest BCUT2D eigenvalue weighted by molar-refractivity contribution is 0.0970. The van der Waals surface area contributed by atoms with Gasteiger partial charge in [0.25, 0.3) is 0 Å². The van der Waals surface area contributed by atoms with Gasteiger partial charge < -0.3 is 9.64 Å². The average molecular weight is 428 g/mol. The van der Waals surface area contributed by atoms with Crippen LogP contribution in [0.4, 0.5) is 4.79 Å². The summed E-state index contributed by atoms with van der Waals surface area (Å²) >= 11 is 1.75. The highest BCUT2D eigenvalue weighted by molar-refractivity contribution is 7.17. The zero-order chi connectivity index (χ0) is 21.4. The molecule has 1 amide bonds. The molecule has 4 heteroatoms. The summed E-state index contributed by atoms with van der Waals surface area (Å²) in [6.45, 7) is 2.42. The quantitative estimate of drug-likeness (QED) is 0.354. The summed E-state index contributed by atoms with van der Waals surface area (Å²) in [6, 6.07) is 25.5. The minimum absolute atomic E-state index is 0.0479. The number of benzene rings is 3. The van der Waals surface area contributed by atoms with Crippen molar-refractivity contribution >= 4 is 27.5 Å². The Bertz CT molecular complexity index is 1200. The number of thiophene rings is 1. The molecule has 0 unspecified atom stereocenters. The van der Waals surface area contributed by atoms with Crippen molar-refractivity contribution in [2.45, 2.75) is 25.3 Å². The Labute approximate surface area is 186 Å². The van der Waals surface area contributed by atoms with Crippen LogP contribution in [0.25, 0.3) is 21.2 Å². The second-order valence-electron chi connectivity index (χ2n) is 8.26. The number of fused-ring (bicyclic) bond motifs is 4. The second-order valence-corrected chi connectivity index (χ2v) is 9.21. The van der Waals surface area contributed by atoms with Crippen molar-refractivity contribution in [3.05, 3.63) is 94.9 Å². The molecule has 0 fully saturated rings. The third-order valence-electron chi connectivity index (χ3n) is 6.33. The summed E-state index contributed by atoms with van der Waals surface area (Å²) in [5.41, 5.74) is 6.18. The summed E-state index contributed by atoms with van der Waals surface area (Å²) < 4.78 is 7.10. The average Bonchev–Trinajstić information content (AvgIpc) is 3.39. The van der Waals surface area contributed by atoms with Gasteiger partial charge in [-0.2, -0.15) is 0 Å². The van der Waals surface area contributed by atoms with Crippen molar-refractivity contribution in [2.75, 3.05) is 13.7 Å². The first-order valence-electron chi connectivity index (χ1n) is 10.7. The summed E-state index contributed by atoms with van der Waals surface area (Å²) in [5, 5.41) is 3.37. The zero-order valence-electron chi connectivity index (χ0n) is 17.7. The Morgan fingerprint density at radius 1 is 1.00 bits per heavy atom. The summed E-state index contributed by atoms with van der Waals surface area (Å²) in [4.78, 5) is 14.5. The topological polar surface area (TPSA) is 29.5 Å². The van der Waals surface area contributed by atoms with Crippen LogP contribution < -0.4 is 0 Å². The van der Waals surface area contributed by atoms with Crippen molar-refractivity contribution in [1.82, 2.24) is 4.90 Å². The maximum absolute atomic E-state index is 12.8. The van der Waals surface area contributed by atoms with Crippen molar-refractivity contribution in [1.29, 1.82) is 0 Å². The SMILES string of the molecule is C[C@@H](Cc1ccc2sccc2c1)N(C)C(=O)OCC1c2ccccc2-c2ccccc21. The molecule has 3 aromatic carbocycles. The molecule has 1 heterocycles. The predicted molar refractivity (Wildman–Crippen MR) is 128 cm³/mol. The Hall–Kier alpha value is -3.11. The molecule has 1 aliphatic rings. The molecule has 156 valence electrons. The lowest BCUT2D eigenvalue weighted by Gasteiger charge is -2.25. The van der Waals surface area contributed by atoms with E-state index in [0.717, 1.165) is 6.42 Å². The molecular weight excluding hydrogens is 402 g/mol. The first-order chi connectivity index (χ1) is 15.1. The Kier molecular flexibility index (Phi) is 5.24.